The zero-order valence-electron chi connectivity index (χ0n) is 10.9. The normalized spacial score (nSPS) is 19.9. The number of hydrogen-bond donors (Lipinski definition) is 1. The standard InChI is InChI=1S/C13H23N3O/c1-3-16-10-11(9-15-16)7-12(14)8-13(17-2)5-4-6-13/h9-10,12H,3-8,14H2,1-2H3. The summed E-state index contributed by atoms with van der Waals surface area (Å²) in [6, 6.07) is 0.171. The summed E-state index contributed by atoms with van der Waals surface area (Å²) in [5.41, 5.74) is 7.51. The number of hydrogen-bond acceptors (Lipinski definition) is 3. The van der Waals surface area contributed by atoms with E-state index in [-0.39, 0.29) is 11.6 Å². The molecule has 1 aromatic rings. The van der Waals surface area contributed by atoms with Gasteiger partial charge in [0, 0.05) is 25.9 Å². The predicted molar refractivity (Wildman–Crippen MR) is 67.8 cm³/mol. The molecule has 1 fully saturated rings. The number of nitrogens with zero attached hydrogens (tertiary/aromatic N) is 2. The highest BCUT2D eigenvalue weighted by molar-refractivity contribution is 5.07. The zero-order valence-corrected chi connectivity index (χ0v) is 10.9. The van der Waals surface area contributed by atoms with E-state index in [9.17, 15) is 0 Å². The maximum absolute atomic E-state index is 6.21. The average molecular weight is 237 g/mol. The fourth-order valence-electron chi connectivity index (χ4n) is 2.60. The van der Waals surface area contributed by atoms with E-state index in [1.54, 1.807) is 7.11 Å². The first-order valence-electron chi connectivity index (χ1n) is 6.49. The largest absolute Gasteiger partial charge is 0.378 e. The molecule has 0 radical (unpaired) electrons. The minimum atomic E-state index is 0.0696. The fraction of sp³-hybridized carbons (Fsp3) is 0.769. The van der Waals surface area contributed by atoms with Gasteiger partial charge in [0.1, 0.15) is 0 Å². The number of aromatic nitrogens is 2. The lowest BCUT2D eigenvalue weighted by atomic mass is 9.75. The molecule has 1 saturated carbocycles. The molecule has 1 unspecified atom stereocenters. The summed E-state index contributed by atoms with van der Waals surface area (Å²) in [5.74, 6) is 0. The lowest BCUT2D eigenvalue weighted by molar-refractivity contribution is -0.0813. The quantitative estimate of drug-likeness (QED) is 0.820. The number of nitrogens with two attached hydrogens (primary N) is 1. The van der Waals surface area contributed by atoms with Crippen molar-refractivity contribution in [3.8, 4) is 0 Å². The number of ether oxygens (including phenoxy) is 1. The first kappa shape index (κ1) is 12.6. The number of methoxy groups -OCH3 is 1. The van der Waals surface area contributed by atoms with Gasteiger partial charge in [0.15, 0.2) is 0 Å². The van der Waals surface area contributed by atoms with Crippen LogP contribution in [0.3, 0.4) is 0 Å². The molecule has 4 nitrogen and oxygen atoms in total. The summed E-state index contributed by atoms with van der Waals surface area (Å²) in [5, 5.41) is 4.27. The third-order valence-corrected chi connectivity index (χ3v) is 3.84. The van der Waals surface area contributed by atoms with E-state index in [0.717, 1.165) is 32.2 Å². The third kappa shape index (κ3) is 2.87. The molecule has 4 heteroatoms. The second-order valence-corrected chi connectivity index (χ2v) is 5.11. The van der Waals surface area contributed by atoms with Gasteiger partial charge in [-0.3, -0.25) is 4.68 Å². The summed E-state index contributed by atoms with van der Waals surface area (Å²) in [4.78, 5) is 0. The Bertz CT molecular complexity index is 352. The molecule has 0 aliphatic heterocycles. The van der Waals surface area contributed by atoms with E-state index in [0.29, 0.717) is 0 Å². The highest BCUT2D eigenvalue weighted by Crippen LogP contribution is 2.38. The highest BCUT2D eigenvalue weighted by Gasteiger charge is 2.38. The topological polar surface area (TPSA) is 53.1 Å². The van der Waals surface area contributed by atoms with Gasteiger partial charge in [-0.2, -0.15) is 5.10 Å². The van der Waals surface area contributed by atoms with Crippen LogP contribution in [0.2, 0.25) is 0 Å². The van der Waals surface area contributed by atoms with Gasteiger partial charge < -0.3 is 10.5 Å². The second-order valence-electron chi connectivity index (χ2n) is 5.11. The molecule has 1 aliphatic rings. The Hall–Kier alpha value is -0.870. The van der Waals surface area contributed by atoms with E-state index < -0.39 is 0 Å². The van der Waals surface area contributed by atoms with Crippen molar-refractivity contribution in [2.45, 2.75) is 57.2 Å². The Morgan fingerprint density at radius 1 is 1.59 bits per heavy atom. The lowest BCUT2D eigenvalue weighted by Gasteiger charge is -2.42. The molecule has 0 amide bonds. The maximum atomic E-state index is 6.21. The van der Waals surface area contributed by atoms with Crippen molar-refractivity contribution < 1.29 is 4.74 Å². The summed E-state index contributed by atoms with van der Waals surface area (Å²) in [6.07, 6.45) is 9.45. The Labute approximate surface area is 103 Å². The van der Waals surface area contributed by atoms with Crippen LogP contribution in [0.25, 0.3) is 0 Å². The maximum Gasteiger partial charge on any atom is 0.0693 e. The minimum Gasteiger partial charge on any atom is -0.378 e. The molecular formula is C13H23N3O. The second kappa shape index (κ2) is 5.19. The van der Waals surface area contributed by atoms with Crippen LogP contribution in [0.5, 0.6) is 0 Å². The van der Waals surface area contributed by atoms with Crippen molar-refractivity contribution in [3.05, 3.63) is 18.0 Å². The van der Waals surface area contributed by atoms with E-state index in [1.165, 1.54) is 12.0 Å². The van der Waals surface area contributed by atoms with Crippen molar-refractivity contribution in [2.75, 3.05) is 7.11 Å². The van der Waals surface area contributed by atoms with Gasteiger partial charge >= 0.3 is 0 Å². The molecule has 2 rings (SSSR count). The first-order valence-corrected chi connectivity index (χ1v) is 6.49. The number of aryl methyl sites for hydroxylation is 1. The summed E-state index contributed by atoms with van der Waals surface area (Å²) in [6.45, 7) is 3.00. The Kier molecular flexibility index (Phi) is 3.84. The van der Waals surface area contributed by atoms with Gasteiger partial charge in [-0.1, -0.05) is 0 Å². The van der Waals surface area contributed by atoms with Crippen LogP contribution in [0, 0.1) is 0 Å². The van der Waals surface area contributed by atoms with Gasteiger partial charge in [-0.25, -0.2) is 0 Å². The molecule has 1 heterocycles. The van der Waals surface area contributed by atoms with E-state index in [1.807, 2.05) is 10.9 Å². The summed E-state index contributed by atoms with van der Waals surface area (Å²) >= 11 is 0. The van der Waals surface area contributed by atoms with E-state index in [4.69, 9.17) is 10.5 Å². The van der Waals surface area contributed by atoms with Crippen LogP contribution in [-0.4, -0.2) is 28.5 Å². The molecule has 2 N–H and O–H groups in total. The van der Waals surface area contributed by atoms with Crippen LogP contribution in [0.15, 0.2) is 12.4 Å². The zero-order chi connectivity index (χ0) is 12.3. The molecular weight excluding hydrogens is 214 g/mol. The average Bonchev–Trinajstić information content (AvgIpc) is 2.71. The molecule has 17 heavy (non-hydrogen) atoms. The Morgan fingerprint density at radius 2 is 2.35 bits per heavy atom. The van der Waals surface area contributed by atoms with Crippen LogP contribution in [0.1, 0.15) is 38.2 Å². The van der Waals surface area contributed by atoms with Crippen LogP contribution in [0.4, 0.5) is 0 Å². The molecule has 1 aliphatic carbocycles. The van der Waals surface area contributed by atoms with Gasteiger partial charge in [0.2, 0.25) is 0 Å². The Balaban J connectivity index is 1.86. The molecule has 1 aromatic heterocycles. The van der Waals surface area contributed by atoms with Gasteiger partial charge in [-0.05, 0) is 44.6 Å². The third-order valence-electron chi connectivity index (χ3n) is 3.84. The van der Waals surface area contributed by atoms with Gasteiger partial charge in [0.25, 0.3) is 0 Å². The molecule has 0 bridgehead atoms. The van der Waals surface area contributed by atoms with E-state index in [2.05, 4.69) is 18.2 Å². The van der Waals surface area contributed by atoms with E-state index >= 15 is 0 Å². The Morgan fingerprint density at radius 3 is 2.82 bits per heavy atom. The highest BCUT2D eigenvalue weighted by atomic mass is 16.5. The molecule has 0 saturated heterocycles. The SMILES string of the molecule is CCn1cc(CC(N)CC2(OC)CCC2)cn1. The first-order chi connectivity index (χ1) is 8.17. The molecule has 0 spiro atoms. The minimum absolute atomic E-state index is 0.0696. The van der Waals surface area contributed by atoms with Gasteiger partial charge in [-0.15, -0.1) is 0 Å². The molecule has 96 valence electrons. The molecule has 0 aromatic carbocycles. The smallest absolute Gasteiger partial charge is 0.0693 e. The van der Waals surface area contributed by atoms with Crippen molar-refractivity contribution >= 4 is 0 Å². The van der Waals surface area contributed by atoms with Crippen molar-refractivity contribution in [2.24, 2.45) is 5.73 Å². The fourth-order valence-corrected chi connectivity index (χ4v) is 2.60. The van der Waals surface area contributed by atoms with Crippen molar-refractivity contribution in [1.82, 2.24) is 9.78 Å². The molecule has 1 atom stereocenters. The van der Waals surface area contributed by atoms with Crippen LogP contribution < -0.4 is 5.73 Å². The number of rotatable bonds is 6. The van der Waals surface area contributed by atoms with Crippen LogP contribution >= 0.6 is 0 Å². The summed E-state index contributed by atoms with van der Waals surface area (Å²) < 4.78 is 7.55. The van der Waals surface area contributed by atoms with Crippen molar-refractivity contribution in [1.29, 1.82) is 0 Å². The predicted octanol–water partition coefficient (Wildman–Crippen LogP) is 1.73. The van der Waals surface area contributed by atoms with Crippen LogP contribution in [-0.2, 0) is 17.7 Å². The lowest BCUT2D eigenvalue weighted by Crippen LogP contribution is -2.44. The summed E-state index contributed by atoms with van der Waals surface area (Å²) in [7, 11) is 1.81. The van der Waals surface area contributed by atoms with Gasteiger partial charge in [0.05, 0.1) is 11.8 Å². The van der Waals surface area contributed by atoms with Crippen molar-refractivity contribution in [3.63, 3.8) is 0 Å². The monoisotopic (exact) mass is 237 g/mol.